The third kappa shape index (κ3) is 7.67. The highest BCUT2D eigenvalue weighted by Crippen LogP contribution is 2.16. The number of aliphatic hydroxyl groups is 1. The van der Waals surface area contributed by atoms with E-state index in [2.05, 4.69) is 13.8 Å². The number of rotatable bonds is 11. The first kappa shape index (κ1) is 21.4. The second kappa shape index (κ2) is 11.0. The van der Waals surface area contributed by atoms with Crippen LogP contribution >= 0.6 is 0 Å². The number of nitrogens with zero attached hydrogens (tertiary/aromatic N) is 1. The van der Waals surface area contributed by atoms with E-state index >= 15 is 0 Å². The van der Waals surface area contributed by atoms with E-state index in [1.807, 2.05) is 35.2 Å². The molecule has 0 aliphatic carbocycles. The molecule has 27 heavy (non-hydrogen) atoms. The summed E-state index contributed by atoms with van der Waals surface area (Å²) in [5.41, 5.74) is 1.68. The summed E-state index contributed by atoms with van der Waals surface area (Å²) in [6, 6.07) is 14.5. The second-order valence-electron chi connectivity index (χ2n) is 7.19. The molecule has 0 saturated carbocycles. The minimum atomic E-state index is -0.631. The van der Waals surface area contributed by atoms with Gasteiger partial charge in [-0.3, -0.25) is 4.90 Å². The third-order valence-corrected chi connectivity index (χ3v) is 4.15. The fourth-order valence-electron chi connectivity index (χ4n) is 2.83. The summed E-state index contributed by atoms with van der Waals surface area (Å²) in [6.45, 7) is 6.44. The van der Waals surface area contributed by atoms with Crippen LogP contribution in [0, 0.1) is 11.7 Å². The fourth-order valence-corrected chi connectivity index (χ4v) is 2.83. The van der Waals surface area contributed by atoms with Crippen LogP contribution in [-0.4, -0.2) is 43.0 Å². The standard InChI is InChI=1S/C22H30FNO3/c1-17(2)15-27-16-20(25)14-24(13-19-6-4-5-7-22(19)23)12-18-8-10-21(26-3)11-9-18/h4-11,17,20,25H,12-16H2,1-3H3/t20-/m0/s1. The first-order chi connectivity index (χ1) is 13.0. The van der Waals surface area contributed by atoms with Crippen molar-refractivity contribution in [2.24, 2.45) is 5.92 Å². The van der Waals surface area contributed by atoms with Crippen molar-refractivity contribution >= 4 is 0 Å². The predicted molar refractivity (Wildman–Crippen MR) is 105 cm³/mol. The maximum absolute atomic E-state index is 14.1. The van der Waals surface area contributed by atoms with E-state index in [0.29, 0.717) is 37.7 Å². The molecule has 0 aromatic heterocycles. The molecule has 5 heteroatoms. The Bertz CT molecular complexity index is 676. The largest absolute Gasteiger partial charge is 0.497 e. The van der Waals surface area contributed by atoms with Crippen LogP contribution in [0.5, 0.6) is 5.75 Å². The normalized spacial score (nSPS) is 12.6. The van der Waals surface area contributed by atoms with Gasteiger partial charge in [0.15, 0.2) is 0 Å². The van der Waals surface area contributed by atoms with Crippen LogP contribution in [0.4, 0.5) is 4.39 Å². The van der Waals surface area contributed by atoms with Gasteiger partial charge in [0, 0.05) is 31.8 Å². The number of benzene rings is 2. The topological polar surface area (TPSA) is 41.9 Å². The molecule has 0 amide bonds. The van der Waals surface area contributed by atoms with Gasteiger partial charge in [-0.1, -0.05) is 44.2 Å². The molecule has 1 atom stereocenters. The highest BCUT2D eigenvalue weighted by Gasteiger charge is 2.15. The molecule has 0 aliphatic heterocycles. The summed E-state index contributed by atoms with van der Waals surface area (Å²) in [4.78, 5) is 2.03. The van der Waals surface area contributed by atoms with E-state index in [-0.39, 0.29) is 12.4 Å². The molecule has 2 rings (SSSR count). The highest BCUT2D eigenvalue weighted by molar-refractivity contribution is 5.27. The van der Waals surface area contributed by atoms with Crippen LogP contribution in [0.3, 0.4) is 0 Å². The summed E-state index contributed by atoms with van der Waals surface area (Å²) in [7, 11) is 1.63. The van der Waals surface area contributed by atoms with Crippen molar-refractivity contribution in [1.82, 2.24) is 4.90 Å². The van der Waals surface area contributed by atoms with E-state index in [4.69, 9.17) is 9.47 Å². The lowest BCUT2D eigenvalue weighted by Gasteiger charge is -2.26. The Balaban J connectivity index is 2.03. The molecule has 0 bridgehead atoms. The van der Waals surface area contributed by atoms with Gasteiger partial charge in [0.25, 0.3) is 0 Å². The van der Waals surface area contributed by atoms with Gasteiger partial charge in [0.2, 0.25) is 0 Å². The number of hydrogen-bond acceptors (Lipinski definition) is 4. The molecule has 0 heterocycles. The van der Waals surface area contributed by atoms with E-state index in [1.165, 1.54) is 6.07 Å². The van der Waals surface area contributed by atoms with Gasteiger partial charge in [0.1, 0.15) is 11.6 Å². The lowest BCUT2D eigenvalue weighted by Crippen LogP contribution is -2.34. The van der Waals surface area contributed by atoms with Crippen molar-refractivity contribution in [2.75, 3.05) is 26.9 Å². The molecule has 0 saturated heterocycles. The molecule has 2 aromatic rings. The van der Waals surface area contributed by atoms with Gasteiger partial charge in [-0.2, -0.15) is 0 Å². The monoisotopic (exact) mass is 375 g/mol. The zero-order valence-corrected chi connectivity index (χ0v) is 16.4. The SMILES string of the molecule is COc1ccc(CN(Cc2ccccc2F)C[C@H](O)COCC(C)C)cc1. The lowest BCUT2D eigenvalue weighted by molar-refractivity contribution is 0.00539. The summed E-state index contributed by atoms with van der Waals surface area (Å²) < 4.78 is 24.8. The van der Waals surface area contributed by atoms with Crippen molar-refractivity contribution in [3.05, 3.63) is 65.5 Å². The van der Waals surface area contributed by atoms with Crippen LogP contribution in [0.25, 0.3) is 0 Å². The summed E-state index contributed by atoms with van der Waals surface area (Å²) in [5.74, 6) is 0.982. The quantitative estimate of drug-likeness (QED) is 0.647. The molecular weight excluding hydrogens is 345 g/mol. The van der Waals surface area contributed by atoms with Crippen LogP contribution in [0.2, 0.25) is 0 Å². The lowest BCUT2D eigenvalue weighted by atomic mass is 10.1. The van der Waals surface area contributed by atoms with Crippen LogP contribution in [-0.2, 0) is 17.8 Å². The number of ether oxygens (including phenoxy) is 2. The minimum Gasteiger partial charge on any atom is -0.497 e. The first-order valence-corrected chi connectivity index (χ1v) is 9.32. The van der Waals surface area contributed by atoms with Crippen LogP contribution in [0.1, 0.15) is 25.0 Å². The molecule has 2 aromatic carbocycles. The Morgan fingerprint density at radius 3 is 2.33 bits per heavy atom. The van der Waals surface area contributed by atoms with E-state index < -0.39 is 6.10 Å². The Kier molecular flexibility index (Phi) is 8.72. The van der Waals surface area contributed by atoms with Gasteiger partial charge >= 0.3 is 0 Å². The van der Waals surface area contributed by atoms with Crippen molar-refractivity contribution in [3.63, 3.8) is 0 Å². The zero-order valence-electron chi connectivity index (χ0n) is 16.4. The average Bonchev–Trinajstić information content (AvgIpc) is 2.64. The van der Waals surface area contributed by atoms with Gasteiger partial charge in [-0.25, -0.2) is 4.39 Å². The highest BCUT2D eigenvalue weighted by atomic mass is 19.1. The molecule has 0 unspecified atom stereocenters. The molecule has 4 nitrogen and oxygen atoms in total. The van der Waals surface area contributed by atoms with Crippen molar-refractivity contribution in [1.29, 1.82) is 0 Å². The van der Waals surface area contributed by atoms with E-state index in [9.17, 15) is 9.50 Å². The van der Waals surface area contributed by atoms with E-state index in [1.54, 1.807) is 19.2 Å². The predicted octanol–water partition coefficient (Wildman–Crippen LogP) is 3.87. The maximum Gasteiger partial charge on any atom is 0.127 e. The van der Waals surface area contributed by atoms with Crippen molar-refractivity contribution in [3.8, 4) is 5.75 Å². The number of halogens is 1. The summed E-state index contributed by atoms with van der Waals surface area (Å²) in [5, 5.41) is 10.4. The Hall–Kier alpha value is -1.95. The Labute approximate surface area is 161 Å². The molecule has 0 fully saturated rings. The van der Waals surface area contributed by atoms with Gasteiger partial charge in [0.05, 0.1) is 19.8 Å². The van der Waals surface area contributed by atoms with Gasteiger partial charge in [-0.05, 0) is 29.7 Å². The number of methoxy groups -OCH3 is 1. The van der Waals surface area contributed by atoms with Gasteiger partial charge in [-0.15, -0.1) is 0 Å². The van der Waals surface area contributed by atoms with Crippen molar-refractivity contribution in [2.45, 2.75) is 33.0 Å². The first-order valence-electron chi connectivity index (χ1n) is 9.32. The minimum absolute atomic E-state index is 0.234. The van der Waals surface area contributed by atoms with Crippen LogP contribution < -0.4 is 4.74 Å². The van der Waals surface area contributed by atoms with Gasteiger partial charge < -0.3 is 14.6 Å². The third-order valence-electron chi connectivity index (χ3n) is 4.15. The number of aliphatic hydroxyl groups excluding tert-OH is 1. The molecular formula is C22H30FNO3. The summed E-state index contributed by atoms with van der Waals surface area (Å²) >= 11 is 0. The van der Waals surface area contributed by atoms with Crippen LogP contribution in [0.15, 0.2) is 48.5 Å². The van der Waals surface area contributed by atoms with E-state index in [0.717, 1.165) is 11.3 Å². The second-order valence-corrected chi connectivity index (χ2v) is 7.19. The molecule has 0 spiro atoms. The molecule has 0 aliphatic rings. The smallest absolute Gasteiger partial charge is 0.127 e. The average molecular weight is 375 g/mol. The molecule has 1 N–H and O–H groups in total. The summed E-state index contributed by atoms with van der Waals surface area (Å²) in [6.07, 6.45) is -0.631. The Morgan fingerprint density at radius 1 is 1.00 bits per heavy atom. The van der Waals surface area contributed by atoms with Crippen molar-refractivity contribution < 1.29 is 19.0 Å². The zero-order chi connectivity index (χ0) is 19.6. The molecule has 0 radical (unpaired) electrons. The maximum atomic E-state index is 14.1. The number of hydrogen-bond donors (Lipinski definition) is 1. The molecule has 148 valence electrons. The Morgan fingerprint density at radius 2 is 1.70 bits per heavy atom. The fraction of sp³-hybridized carbons (Fsp3) is 0.455.